The molecule has 0 radical (unpaired) electrons. The molecule has 4 N–H and O–H groups in total. The highest BCUT2D eigenvalue weighted by Gasteiger charge is 2.44. The van der Waals surface area contributed by atoms with Crippen LogP contribution in [0.3, 0.4) is 0 Å². The highest BCUT2D eigenvalue weighted by Crippen LogP contribution is 2.35. The Bertz CT molecular complexity index is 977. The lowest BCUT2D eigenvalue weighted by atomic mass is 10.2. The van der Waals surface area contributed by atoms with Crippen LogP contribution in [0.1, 0.15) is 16.1 Å². The van der Waals surface area contributed by atoms with Gasteiger partial charge in [0.2, 0.25) is 10.0 Å². The number of rotatable bonds is 2. The number of nitrogen functional groups attached to an aromatic ring is 1. The lowest BCUT2D eigenvalue weighted by Gasteiger charge is -2.19. The number of carboxylic acid groups (broad SMARTS) is 1. The monoisotopic (exact) mass is 426 g/mol. The van der Waals surface area contributed by atoms with Gasteiger partial charge in [0.15, 0.2) is 5.13 Å². The number of fused-ring (bicyclic) bond motifs is 2. The van der Waals surface area contributed by atoms with Crippen molar-refractivity contribution in [3.63, 3.8) is 0 Å². The highest BCUT2D eigenvalue weighted by molar-refractivity contribution is 7.89. The van der Waals surface area contributed by atoms with E-state index in [4.69, 9.17) is 20.4 Å². The summed E-state index contributed by atoms with van der Waals surface area (Å²) in [4.78, 5) is 25.0. The number of carbonyl (C=O) groups is 2. The summed E-state index contributed by atoms with van der Waals surface area (Å²) in [5.74, 6) is 0.0770. The van der Waals surface area contributed by atoms with E-state index in [-0.39, 0.29) is 42.5 Å². The van der Waals surface area contributed by atoms with Gasteiger partial charge in [-0.05, 0) is 18.6 Å². The number of para-hydroxylation sites is 1. The van der Waals surface area contributed by atoms with Gasteiger partial charge in [-0.2, -0.15) is 4.31 Å². The van der Waals surface area contributed by atoms with E-state index in [2.05, 4.69) is 10.3 Å². The maximum atomic E-state index is 12.9. The van der Waals surface area contributed by atoms with Gasteiger partial charge in [-0.3, -0.25) is 9.59 Å². The number of hydrogen-bond acceptors (Lipinski definition) is 8. The predicted octanol–water partition coefficient (Wildman–Crippen LogP) is 0.380. The molecule has 10 nitrogen and oxygen atoms in total. The maximum absolute atomic E-state index is 12.9. The van der Waals surface area contributed by atoms with E-state index in [0.29, 0.717) is 22.2 Å². The van der Waals surface area contributed by atoms with E-state index < -0.39 is 10.0 Å². The number of sulfonamides is 1. The number of nitrogens with zero attached hydrogens (tertiary/aromatic N) is 2. The molecule has 1 amide bonds. The molecule has 28 heavy (non-hydrogen) atoms. The van der Waals surface area contributed by atoms with Gasteiger partial charge in [-0.1, -0.05) is 23.5 Å². The van der Waals surface area contributed by atoms with Crippen LogP contribution in [-0.2, 0) is 14.8 Å². The Labute approximate surface area is 165 Å². The van der Waals surface area contributed by atoms with Crippen molar-refractivity contribution < 1.29 is 27.9 Å². The van der Waals surface area contributed by atoms with Crippen molar-refractivity contribution in [1.82, 2.24) is 14.6 Å². The predicted molar refractivity (Wildman–Crippen MR) is 101 cm³/mol. The first kappa shape index (κ1) is 20.0. The van der Waals surface area contributed by atoms with Gasteiger partial charge in [0.1, 0.15) is 22.1 Å². The van der Waals surface area contributed by atoms with Crippen molar-refractivity contribution in [2.45, 2.75) is 23.4 Å². The van der Waals surface area contributed by atoms with Crippen molar-refractivity contribution in [2.75, 3.05) is 18.9 Å². The fraction of sp³-hybridized carbons (Fsp3) is 0.312. The first-order valence-electron chi connectivity index (χ1n) is 8.20. The summed E-state index contributed by atoms with van der Waals surface area (Å²) in [6, 6.07) is 6.01. The van der Waals surface area contributed by atoms with Gasteiger partial charge in [0.25, 0.3) is 12.4 Å². The van der Waals surface area contributed by atoms with Crippen molar-refractivity contribution in [3.05, 3.63) is 35.3 Å². The van der Waals surface area contributed by atoms with Crippen LogP contribution in [0.25, 0.3) is 0 Å². The molecule has 1 aromatic carbocycles. The molecule has 0 bridgehead atoms. The minimum Gasteiger partial charge on any atom is -0.490 e. The van der Waals surface area contributed by atoms with Crippen LogP contribution in [0.2, 0.25) is 0 Å². The number of anilines is 1. The number of benzene rings is 1. The third-order valence-electron chi connectivity index (χ3n) is 4.31. The highest BCUT2D eigenvalue weighted by atomic mass is 32.2. The zero-order valence-corrected chi connectivity index (χ0v) is 16.1. The number of amides is 1. The second-order valence-electron chi connectivity index (χ2n) is 6.06. The molecule has 2 atom stereocenters. The maximum Gasteiger partial charge on any atom is 0.290 e. The molecule has 2 aliphatic rings. The first-order chi connectivity index (χ1) is 13.4. The fourth-order valence-electron chi connectivity index (χ4n) is 3.18. The average molecular weight is 426 g/mol. The van der Waals surface area contributed by atoms with E-state index in [1.54, 1.807) is 24.3 Å². The summed E-state index contributed by atoms with van der Waals surface area (Å²) in [7, 11) is -3.66. The smallest absolute Gasteiger partial charge is 0.290 e. The van der Waals surface area contributed by atoms with Crippen molar-refractivity contribution >= 4 is 38.9 Å². The Morgan fingerprint density at radius 1 is 1.43 bits per heavy atom. The molecule has 0 spiro atoms. The summed E-state index contributed by atoms with van der Waals surface area (Å²) in [6.45, 7) is 0.223. The van der Waals surface area contributed by atoms with Gasteiger partial charge in [0.05, 0.1) is 12.2 Å². The fourth-order valence-corrected chi connectivity index (χ4v) is 5.57. The zero-order chi connectivity index (χ0) is 20.3. The Balaban J connectivity index is 0.000000706. The zero-order valence-electron chi connectivity index (χ0n) is 14.5. The molecule has 2 aliphatic heterocycles. The molecule has 4 rings (SSSR count). The molecule has 0 saturated carbocycles. The minimum atomic E-state index is -3.66. The molecule has 0 unspecified atom stereocenters. The number of aromatic nitrogens is 1. The van der Waals surface area contributed by atoms with Crippen LogP contribution in [0.5, 0.6) is 5.75 Å². The largest absolute Gasteiger partial charge is 0.490 e. The second kappa shape index (κ2) is 8.12. The van der Waals surface area contributed by atoms with Crippen molar-refractivity contribution in [2.24, 2.45) is 0 Å². The standard InChI is InChI=1S/C15H16N4O4S2.CH2O2/c16-15-17-6-12(24-15)14(20)18-9-5-10-8-23-11-3-1-2-4-13(11)25(21,22)19(10)7-9;2-1-3/h1-4,6,9-10H,5,7-8H2,(H2,16,17)(H,18,20);1H,(H,2,3)/t9-,10-;/m0./s1. The van der Waals surface area contributed by atoms with Crippen LogP contribution in [0, 0.1) is 0 Å². The summed E-state index contributed by atoms with van der Waals surface area (Å²) < 4.78 is 32.9. The number of nitrogens with one attached hydrogen (secondary N) is 1. The molecule has 2 aromatic rings. The molecule has 1 aromatic heterocycles. The summed E-state index contributed by atoms with van der Waals surface area (Å²) >= 11 is 1.10. The molecule has 1 saturated heterocycles. The quantitative estimate of drug-likeness (QED) is 0.583. The van der Waals surface area contributed by atoms with Gasteiger partial charge in [-0.25, -0.2) is 13.4 Å². The average Bonchev–Trinajstić information content (AvgIpc) is 3.25. The molecule has 12 heteroatoms. The molecule has 3 heterocycles. The minimum absolute atomic E-state index is 0.166. The van der Waals surface area contributed by atoms with Crippen LogP contribution >= 0.6 is 11.3 Å². The van der Waals surface area contributed by atoms with E-state index in [9.17, 15) is 13.2 Å². The number of carbonyl (C=O) groups excluding carboxylic acids is 1. The number of nitrogens with two attached hydrogens (primary N) is 1. The van der Waals surface area contributed by atoms with Crippen molar-refractivity contribution in [3.8, 4) is 5.75 Å². The molecular formula is C16H18N4O6S2. The van der Waals surface area contributed by atoms with Gasteiger partial charge >= 0.3 is 0 Å². The topological polar surface area (TPSA) is 152 Å². The Morgan fingerprint density at radius 3 is 2.82 bits per heavy atom. The lowest BCUT2D eigenvalue weighted by Crippen LogP contribution is -2.39. The van der Waals surface area contributed by atoms with Crippen LogP contribution in [0.15, 0.2) is 35.4 Å². The van der Waals surface area contributed by atoms with E-state index in [1.165, 1.54) is 10.5 Å². The SMILES string of the molecule is Nc1ncc(C(=O)N[C@H]2C[C@H]3COc4ccccc4S(=O)(=O)N3C2)s1.O=CO. The Hall–Kier alpha value is -2.70. The number of thiazole rings is 1. The molecular weight excluding hydrogens is 408 g/mol. The third kappa shape index (κ3) is 3.93. The van der Waals surface area contributed by atoms with Crippen molar-refractivity contribution in [1.29, 1.82) is 0 Å². The van der Waals surface area contributed by atoms with Crippen LogP contribution in [0.4, 0.5) is 5.13 Å². The lowest BCUT2D eigenvalue weighted by molar-refractivity contribution is -0.122. The normalized spacial score (nSPS) is 22.4. The first-order valence-corrected chi connectivity index (χ1v) is 10.5. The molecule has 150 valence electrons. The van der Waals surface area contributed by atoms with E-state index >= 15 is 0 Å². The van der Waals surface area contributed by atoms with Crippen LogP contribution in [-0.4, -0.2) is 60.4 Å². The van der Waals surface area contributed by atoms with E-state index in [1.807, 2.05) is 0 Å². The summed E-state index contributed by atoms with van der Waals surface area (Å²) in [5.41, 5.74) is 5.54. The van der Waals surface area contributed by atoms with Gasteiger partial charge in [0, 0.05) is 12.6 Å². The summed E-state index contributed by atoms with van der Waals surface area (Å²) in [5, 5.41) is 10.1. The van der Waals surface area contributed by atoms with Gasteiger partial charge < -0.3 is 20.9 Å². The Kier molecular flexibility index (Phi) is 5.82. The van der Waals surface area contributed by atoms with Crippen LogP contribution < -0.4 is 15.8 Å². The number of hydrogen-bond donors (Lipinski definition) is 3. The van der Waals surface area contributed by atoms with Gasteiger partial charge in [-0.15, -0.1) is 0 Å². The van der Waals surface area contributed by atoms with E-state index in [0.717, 1.165) is 11.3 Å². The third-order valence-corrected chi connectivity index (χ3v) is 7.10. The molecule has 0 aliphatic carbocycles. The number of ether oxygens (including phenoxy) is 1. The Morgan fingerprint density at radius 2 is 2.14 bits per heavy atom. The summed E-state index contributed by atoms with van der Waals surface area (Å²) in [6.07, 6.45) is 1.91. The molecule has 1 fully saturated rings. The second-order valence-corrected chi connectivity index (χ2v) is 8.98.